The summed E-state index contributed by atoms with van der Waals surface area (Å²) in [5.74, 6) is 0.0874. The van der Waals surface area contributed by atoms with E-state index in [-0.39, 0.29) is 16.9 Å². The standard InChI is InChI=1S/C11H13ClFN3/c1-2-16-9(6-15-11(16)14)7-4-3-5-8(12)10(7)13/h3-5,9H,2,6H2,1H3,(H2,14,15). The maximum absolute atomic E-state index is 13.8. The maximum atomic E-state index is 13.8. The molecule has 86 valence electrons. The molecule has 0 radical (unpaired) electrons. The third-order valence-corrected chi connectivity index (χ3v) is 3.07. The fourth-order valence-electron chi connectivity index (χ4n) is 1.96. The van der Waals surface area contributed by atoms with Crippen LogP contribution in [0.15, 0.2) is 23.2 Å². The molecule has 1 aromatic rings. The van der Waals surface area contributed by atoms with Gasteiger partial charge in [0.25, 0.3) is 0 Å². The van der Waals surface area contributed by atoms with Gasteiger partial charge in [0.2, 0.25) is 0 Å². The Morgan fingerprint density at radius 1 is 1.62 bits per heavy atom. The molecule has 2 rings (SSSR count). The minimum atomic E-state index is -0.377. The van der Waals surface area contributed by atoms with Gasteiger partial charge in [-0.25, -0.2) is 4.39 Å². The summed E-state index contributed by atoms with van der Waals surface area (Å²) in [6, 6.07) is 4.87. The van der Waals surface area contributed by atoms with Gasteiger partial charge in [-0.2, -0.15) is 0 Å². The van der Waals surface area contributed by atoms with Gasteiger partial charge in [-0.3, -0.25) is 4.99 Å². The van der Waals surface area contributed by atoms with E-state index >= 15 is 0 Å². The Balaban J connectivity index is 2.36. The van der Waals surface area contributed by atoms with Crippen molar-refractivity contribution < 1.29 is 4.39 Å². The zero-order valence-electron chi connectivity index (χ0n) is 8.95. The second kappa shape index (κ2) is 4.29. The van der Waals surface area contributed by atoms with Gasteiger partial charge in [-0.05, 0) is 13.0 Å². The summed E-state index contributed by atoms with van der Waals surface area (Å²) in [6.45, 7) is 3.14. The summed E-state index contributed by atoms with van der Waals surface area (Å²) in [7, 11) is 0. The molecule has 0 aromatic heterocycles. The lowest BCUT2D eigenvalue weighted by atomic mass is 10.1. The lowest BCUT2D eigenvalue weighted by Crippen LogP contribution is -2.36. The lowest BCUT2D eigenvalue weighted by Gasteiger charge is -2.25. The number of rotatable bonds is 2. The number of likely N-dealkylation sites (N-methyl/N-ethyl adjacent to an activating group) is 1. The predicted octanol–water partition coefficient (Wildman–Crippen LogP) is 2.17. The van der Waals surface area contributed by atoms with Gasteiger partial charge in [0.15, 0.2) is 5.96 Å². The van der Waals surface area contributed by atoms with Crippen LogP contribution < -0.4 is 5.73 Å². The summed E-state index contributed by atoms with van der Waals surface area (Å²) in [5, 5.41) is 0.138. The Bertz CT molecular complexity index is 433. The van der Waals surface area contributed by atoms with Crippen LogP contribution in [-0.4, -0.2) is 23.9 Å². The van der Waals surface area contributed by atoms with E-state index in [4.69, 9.17) is 17.3 Å². The highest BCUT2D eigenvalue weighted by molar-refractivity contribution is 6.30. The van der Waals surface area contributed by atoms with Crippen LogP contribution in [0.25, 0.3) is 0 Å². The van der Waals surface area contributed by atoms with Crippen molar-refractivity contribution in [1.29, 1.82) is 0 Å². The van der Waals surface area contributed by atoms with E-state index in [0.29, 0.717) is 24.6 Å². The highest BCUT2D eigenvalue weighted by Gasteiger charge is 2.28. The first-order valence-corrected chi connectivity index (χ1v) is 5.53. The molecule has 0 saturated heterocycles. The van der Waals surface area contributed by atoms with E-state index in [1.807, 2.05) is 11.8 Å². The zero-order chi connectivity index (χ0) is 11.7. The molecule has 5 heteroatoms. The molecule has 0 amide bonds. The van der Waals surface area contributed by atoms with Gasteiger partial charge < -0.3 is 10.6 Å². The normalized spacial score (nSPS) is 20.1. The molecule has 1 aromatic carbocycles. The van der Waals surface area contributed by atoms with Crippen molar-refractivity contribution in [2.75, 3.05) is 13.1 Å². The molecule has 1 unspecified atom stereocenters. The molecule has 1 atom stereocenters. The minimum Gasteiger partial charge on any atom is -0.370 e. The van der Waals surface area contributed by atoms with Crippen molar-refractivity contribution in [2.24, 2.45) is 10.7 Å². The third-order valence-electron chi connectivity index (χ3n) is 2.78. The number of nitrogens with two attached hydrogens (primary N) is 1. The van der Waals surface area contributed by atoms with Crippen LogP contribution in [0.2, 0.25) is 5.02 Å². The van der Waals surface area contributed by atoms with Gasteiger partial charge in [0.05, 0.1) is 17.6 Å². The number of nitrogens with zero attached hydrogens (tertiary/aromatic N) is 2. The van der Waals surface area contributed by atoms with Gasteiger partial charge in [0.1, 0.15) is 5.82 Å². The quantitative estimate of drug-likeness (QED) is 0.862. The van der Waals surface area contributed by atoms with E-state index in [0.717, 1.165) is 0 Å². The number of hydrogen-bond donors (Lipinski definition) is 1. The molecule has 3 nitrogen and oxygen atoms in total. The summed E-state index contributed by atoms with van der Waals surface area (Å²) in [6.07, 6.45) is 0. The molecular formula is C11H13ClFN3. The minimum absolute atomic E-state index is 0.135. The average molecular weight is 242 g/mol. The average Bonchev–Trinajstić information content (AvgIpc) is 2.63. The Morgan fingerprint density at radius 3 is 3.06 bits per heavy atom. The van der Waals surface area contributed by atoms with E-state index in [1.54, 1.807) is 12.1 Å². The van der Waals surface area contributed by atoms with Gasteiger partial charge in [-0.15, -0.1) is 0 Å². The highest BCUT2D eigenvalue weighted by Crippen LogP contribution is 2.30. The van der Waals surface area contributed by atoms with E-state index in [1.165, 1.54) is 6.07 Å². The molecule has 0 aliphatic carbocycles. The zero-order valence-corrected chi connectivity index (χ0v) is 9.71. The Hall–Kier alpha value is -1.29. The maximum Gasteiger partial charge on any atom is 0.191 e. The SMILES string of the molecule is CCN1C(N)=NCC1c1cccc(Cl)c1F. The first-order chi connectivity index (χ1) is 7.65. The number of halogens is 2. The Morgan fingerprint density at radius 2 is 2.38 bits per heavy atom. The smallest absolute Gasteiger partial charge is 0.191 e. The number of guanidine groups is 1. The molecule has 1 heterocycles. The number of hydrogen-bond acceptors (Lipinski definition) is 3. The van der Waals surface area contributed by atoms with E-state index < -0.39 is 0 Å². The van der Waals surface area contributed by atoms with Crippen LogP contribution in [0.5, 0.6) is 0 Å². The fraction of sp³-hybridized carbons (Fsp3) is 0.364. The predicted molar refractivity (Wildman–Crippen MR) is 63.0 cm³/mol. The summed E-state index contributed by atoms with van der Waals surface area (Å²) < 4.78 is 13.8. The van der Waals surface area contributed by atoms with Crippen LogP contribution >= 0.6 is 11.6 Å². The van der Waals surface area contributed by atoms with Gasteiger partial charge in [-0.1, -0.05) is 23.7 Å². The topological polar surface area (TPSA) is 41.6 Å². The van der Waals surface area contributed by atoms with Crippen LogP contribution in [0.3, 0.4) is 0 Å². The lowest BCUT2D eigenvalue weighted by molar-refractivity contribution is 0.354. The molecule has 2 N–H and O–H groups in total. The highest BCUT2D eigenvalue weighted by atomic mass is 35.5. The fourth-order valence-corrected chi connectivity index (χ4v) is 2.14. The van der Waals surface area contributed by atoms with Crippen LogP contribution in [0, 0.1) is 5.82 Å². The molecule has 0 spiro atoms. The van der Waals surface area contributed by atoms with Crippen molar-refractivity contribution >= 4 is 17.6 Å². The first kappa shape index (κ1) is 11.2. The summed E-state index contributed by atoms with van der Waals surface area (Å²) in [4.78, 5) is 6.00. The van der Waals surface area contributed by atoms with E-state index in [2.05, 4.69) is 4.99 Å². The first-order valence-electron chi connectivity index (χ1n) is 5.15. The van der Waals surface area contributed by atoms with Crippen molar-refractivity contribution in [2.45, 2.75) is 13.0 Å². The largest absolute Gasteiger partial charge is 0.370 e. The summed E-state index contributed by atoms with van der Waals surface area (Å²) >= 11 is 5.76. The van der Waals surface area contributed by atoms with Crippen LogP contribution in [0.4, 0.5) is 4.39 Å². The molecule has 0 bridgehead atoms. The van der Waals surface area contributed by atoms with Crippen molar-refractivity contribution in [3.63, 3.8) is 0 Å². The molecule has 1 aliphatic rings. The molecule has 0 saturated carbocycles. The third kappa shape index (κ3) is 1.73. The van der Waals surface area contributed by atoms with Crippen molar-refractivity contribution in [3.05, 3.63) is 34.6 Å². The Labute approximate surface area is 98.7 Å². The van der Waals surface area contributed by atoms with Gasteiger partial charge in [0, 0.05) is 12.1 Å². The summed E-state index contributed by atoms with van der Waals surface area (Å²) in [5.41, 5.74) is 6.28. The second-order valence-corrected chi connectivity index (χ2v) is 4.05. The van der Waals surface area contributed by atoms with E-state index in [9.17, 15) is 4.39 Å². The van der Waals surface area contributed by atoms with Crippen molar-refractivity contribution in [3.8, 4) is 0 Å². The number of aliphatic imine (C=N–C) groups is 1. The molecule has 16 heavy (non-hydrogen) atoms. The van der Waals surface area contributed by atoms with Crippen molar-refractivity contribution in [1.82, 2.24) is 4.90 Å². The number of benzene rings is 1. The molecular weight excluding hydrogens is 229 g/mol. The molecule has 1 aliphatic heterocycles. The second-order valence-electron chi connectivity index (χ2n) is 3.64. The Kier molecular flexibility index (Phi) is 3.01. The van der Waals surface area contributed by atoms with Gasteiger partial charge >= 0.3 is 0 Å². The molecule has 0 fully saturated rings. The van der Waals surface area contributed by atoms with Crippen LogP contribution in [-0.2, 0) is 0 Å². The monoisotopic (exact) mass is 241 g/mol. The van der Waals surface area contributed by atoms with Crippen LogP contribution in [0.1, 0.15) is 18.5 Å².